The molecule has 0 aliphatic carbocycles. The normalized spacial score (nSPS) is 10.4. The number of carbonyl (C=O) groups excluding carboxylic acids is 1. The molecule has 0 saturated carbocycles. The third-order valence-corrected chi connectivity index (χ3v) is 2.83. The lowest BCUT2D eigenvalue weighted by molar-refractivity contribution is -0.605. The van der Waals surface area contributed by atoms with Crippen LogP contribution in [0.3, 0.4) is 0 Å². The molecule has 0 bridgehead atoms. The Morgan fingerprint density at radius 2 is 2.15 bits per heavy atom. The quantitative estimate of drug-likeness (QED) is 0.587. The number of aromatic nitrogens is 1. The van der Waals surface area contributed by atoms with E-state index in [0.29, 0.717) is 35.8 Å². The molecule has 2 aromatic rings. The number of hydrogen-bond acceptors (Lipinski definition) is 4. The molecule has 0 fully saturated rings. The second-order valence-electron chi connectivity index (χ2n) is 4.25. The molecule has 2 rings (SSSR count). The molecular weight excluding hydrogens is 260 g/mol. The van der Waals surface area contributed by atoms with E-state index in [-0.39, 0.29) is 5.91 Å². The summed E-state index contributed by atoms with van der Waals surface area (Å²) in [5.41, 5.74) is 0.458. The van der Waals surface area contributed by atoms with Gasteiger partial charge in [0, 0.05) is 25.8 Å². The van der Waals surface area contributed by atoms with Crippen molar-refractivity contribution in [3.63, 3.8) is 0 Å². The third-order valence-electron chi connectivity index (χ3n) is 2.83. The Morgan fingerprint density at radius 1 is 1.40 bits per heavy atom. The van der Waals surface area contributed by atoms with E-state index in [1.165, 1.54) is 24.5 Å². The monoisotopic (exact) mass is 276 g/mol. The minimum Gasteiger partial charge on any atom is -0.619 e. The van der Waals surface area contributed by atoms with Gasteiger partial charge in [-0.05, 0) is 12.1 Å². The van der Waals surface area contributed by atoms with Crippen LogP contribution in [0.1, 0.15) is 16.1 Å². The van der Waals surface area contributed by atoms with Gasteiger partial charge in [0.1, 0.15) is 5.76 Å². The molecule has 2 aromatic heterocycles. The summed E-state index contributed by atoms with van der Waals surface area (Å²) in [4.78, 5) is 14.0. The zero-order valence-electron chi connectivity index (χ0n) is 11.2. The maximum absolute atomic E-state index is 12.4. The largest absolute Gasteiger partial charge is 0.619 e. The fourth-order valence-corrected chi connectivity index (χ4v) is 1.78. The van der Waals surface area contributed by atoms with Crippen molar-refractivity contribution in [1.29, 1.82) is 0 Å². The molecule has 0 aliphatic heterocycles. The summed E-state index contributed by atoms with van der Waals surface area (Å²) in [6.07, 6.45) is 4.17. The first-order chi connectivity index (χ1) is 9.70. The summed E-state index contributed by atoms with van der Waals surface area (Å²) in [5, 5.41) is 11.0. The number of rotatable bonds is 6. The predicted molar refractivity (Wildman–Crippen MR) is 70.7 cm³/mol. The van der Waals surface area contributed by atoms with E-state index < -0.39 is 0 Å². The summed E-state index contributed by atoms with van der Waals surface area (Å²) in [5.74, 6) is 0.531. The summed E-state index contributed by atoms with van der Waals surface area (Å²) in [7, 11) is 1.58. The van der Waals surface area contributed by atoms with E-state index in [9.17, 15) is 10.0 Å². The number of nitrogens with zero attached hydrogens (tertiary/aromatic N) is 2. The molecule has 2 heterocycles. The average Bonchev–Trinajstić information content (AvgIpc) is 2.96. The van der Waals surface area contributed by atoms with Gasteiger partial charge in [0.25, 0.3) is 5.91 Å². The highest BCUT2D eigenvalue weighted by Gasteiger charge is 2.17. The molecule has 0 atom stereocenters. The van der Waals surface area contributed by atoms with Crippen LogP contribution in [0.2, 0.25) is 0 Å². The highest BCUT2D eigenvalue weighted by atomic mass is 16.5. The lowest BCUT2D eigenvalue weighted by Gasteiger charge is -2.21. The molecule has 0 aliphatic rings. The van der Waals surface area contributed by atoms with Gasteiger partial charge in [-0.1, -0.05) is 0 Å². The van der Waals surface area contributed by atoms with Crippen molar-refractivity contribution < 1.29 is 18.7 Å². The Kier molecular flexibility index (Phi) is 4.73. The molecule has 0 saturated heterocycles. The predicted octanol–water partition coefficient (Wildman–Crippen LogP) is 1.20. The second kappa shape index (κ2) is 6.72. The molecule has 0 N–H and O–H groups in total. The standard InChI is InChI=1S/C14H16N2O4/c1-19-10-8-15(11-13-3-2-9-20-13)14(17)12-4-6-16(18)7-5-12/h2-7,9H,8,10-11H2,1H3. The van der Waals surface area contributed by atoms with Gasteiger partial charge in [-0.25, -0.2) is 0 Å². The van der Waals surface area contributed by atoms with Crippen LogP contribution in [-0.4, -0.2) is 31.1 Å². The van der Waals surface area contributed by atoms with Crippen molar-refractivity contribution in [2.45, 2.75) is 6.54 Å². The number of ether oxygens (including phenoxy) is 1. The van der Waals surface area contributed by atoms with Crippen LogP contribution in [0.25, 0.3) is 0 Å². The van der Waals surface area contributed by atoms with Crippen molar-refractivity contribution >= 4 is 5.91 Å². The van der Waals surface area contributed by atoms with E-state index in [1.807, 2.05) is 6.07 Å². The van der Waals surface area contributed by atoms with Crippen LogP contribution in [-0.2, 0) is 11.3 Å². The van der Waals surface area contributed by atoms with Crippen molar-refractivity contribution in [1.82, 2.24) is 4.90 Å². The van der Waals surface area contributed by atoms with E-state index >= 15 is 0 Å². The van der Waals surface area contributed by atoms with Gasteiger partial charge in [0.05, 0.1) is 25.0 Å². The Balaban J connectivity index is 2.12. The summed E-state index contributed by atoms with van der Waals surface area (Å²) >= 11 is 0. The molecular formula is C14H16N2O4. The Morgan fingerprint density at radius 3 is 2.75 bits per heavy atom. The van der Waals surface area contributed by atoms with Gasteiger partial charge in [0.15, 0.2) is 12.4 Å². The Labute approximate surface area is 116 Å². The van der Waals surface area contributed by atoms with Gasteiger partial charge in [-0.2, -0.15) is 4.73 Å². The van der Waals surface area contributed by atoms with Gasteiger partial charge < -0.3 is 19.3 Å². The molecule has 0 spiro atoms. The van der Waals surface area contributed by atoms with Crippen molar-refractivity contribution in [3.8, 4) is 0 Å². The fourth-order valence-electron chi connectivity index (χ4n) is 1.78. The summed E-state index contributed by atoms with van der Waals surface area (Å²) in [6.45, 7) is 1.24. The van der Waals surface area contributed by atoms with Gasteiger partial charge >= 0.3 is 0 Å². The maximum Gasteiger partial charge on any atom is 0.254 e. The van der Waals surface area contributed by atoms with Gasteiger partial charge in [-0.3, -0.25) is 4.79 Å². The maximum atomic E-state index is 12.4. The van der Waals surface area contributed by atoms with Crippen molar-refractivity contribution in [2.24, 2.45) is 0 Å². The first-order valence-corrected chi connectivity index (χ1v) is 6.20. The van der Waals surface area contributed by atoms with E-state index in [1.54, 1.807) is 24.3 Å². The van der Waals surface area contributed by atoms with Crippen molar-refractivity contribution in [3.05, 3.63) is 59.5 Å². The van der Waals surface area contributed by atoms with Crippen molar-refractivity contribution in [2.75, 3.05) is 20.3 Å². The van der Waals surface area contributed by atoms with Crippen LogP contribution in [0, 0.1) is 5.21 Å². The minimum atomic E-state index is -0.168. The van der Waals surface area contributed by atoms with Gasteiger partial charge in [-0.15, -0.1) is 0 Å². The van der Waals surface area contributed by atoms with Crippen LogP contribution in [0.5, 0.6) is 0 Å². The molecule has 0 aromatic carbocycles. The van der Waals surface area contributed by atoms with E-state index in [4.69, 9.17) is 9.15 Å². The smallest absolute Gasteiger partial charge is 0.254 e. The number of furan rings is 1. The molecule has 6 heteroatoms. The fraction of sp³-hybridized carbons (Fsp3) is 0.286. The molecule has 106 valence electrons. The Hall–Kier alpha value is -2.34. The first-order valence-electron chi connectivity index (χ1n) is 6.20. The lowest BCUT2D eigenvalue weighted by Crippen LogP contribution is -2.34. The first kappa shape index (κ1) is 14.1. The zero-order chi connectivity index (χ0) is 14.4. The van der Waals surface area contributed by atoms with Crippen LogP contribution >= 0.6 is 0 Å². The third kappa shape index (κ3) is 3.58. The number of pyridine rings is 1. The highest BCUT2D eigenvalue weighted by Crippen LogP contribution is 2.09. The molecule has 6 nitrogen and oxygen atoms in total. The second-order valence-corrected chi connectivity index (χ2v) is 4.25. The highest BCUT2D eigenvalue weighted by molar-refractivity contribution is 5.93. The SMILES string of the molecule is COCCN(Cc1ccco1)C(=O)c1cc[n+]([O-])cc1. The Bertz CT molecular complexity index is 537. The lowest BCUT2D eigenvalue weighted by atomic mass is 10.2. The number of methoxy groups -OCH3 is 1. The molecule has 0 unspecified atom stereocenters. The summed E-state index contributed by atoms with van der Waals surface area (Å²) < 4.78 is 10.9. The molecule has 1 amide bonds. The van der Waals surface area contributed by atoms with Crippen LogP contribution < -0.4 is 4.73 Å². The van der Waals surface area contributed by atoms with E-state index in [0.717, 1.165) is 0 Å². The minimum absolute atomic E-state index is 0.168. The van der Waals surface area contributed by atoms with E-state index in [2.05, 4.69) is 0 Å². The van der Waals surface area contributed by atoms with Crippen LogP contribution in [0.15, 0.2) is 47.3 Å². The summed E-state index contributed by atoms with van der Waals surface area (Å²) in [6, 6.07) is 6.58. The molecule has 20 heavy (non-hydrogen) atoms. The van der Waals surface area contributed by atoms with Crippen LogP contribution in [0.4, 0.5) is 0 Å². The topological polar surface area (TPSA) is 69.6 Å². The molecule has 0 radical (unpaired) electrons. The zero-order valence-corrected chi connectivity index (χ0v) is 11.2. The van der Waals surface area contributed by atoms with Gasteiger partial charge in [0.2, 0.25) is 0 Å². The number of hydrogen-bond donors (Lipinski definition) is 0. The average molecular weight is 276 g/mol. The number of amides is 1. The number of carbonyl (C=O) groups is 1.